The zero-order chi connectivity index (χ0) is 23.5. The number of halogens is 4. The molecule has 0 aliphatic carbocycles. The van der Waals surface area contributed by atoms with Gasteiger partial charge in [0, 0.05) is 35.3 Å². The number of anilines is 1. The lowest BCUT2D eigenvalue weighted by molar-refractivity contribution is -0.734. The van der Waals surface area contributed by atoms with Gasteiger partial charge in [-0.15, -0.1) is 46.4 Å². The summed E-state index contributed by atoms with van der Waals surface area (Å²) in [4.78, 5) is 5.80. The average Bonchev–Trinajstić information content (AvgIpc) is 3.31. The first-order chi connectivity index (χ1) is 16.2. The summed E-state index contributed by atoms with van der Waals surface area (Å²) in [7, 11) is 0. The van der Waals surface area contributed by atoms with E-state index in [0.717, 1.165) is 35.7 Å². The van der Waals surface area contributed by atoms with Crippen LogP contribution in [0, 0.1) is 0 Å². The van der Waals surface area contributed by atoms with Gasteiger partial charge in [0.15, 0.2) is 5.69 Å². The van der Waals surface area contributed by atoms with Gasteiger partial charge in [-0.05, 0) is 58.4 Å². The fourth-order valence-electron chi connectivity index (χ4n) is 3.25. The van der Waals surface area contributed by atoms with E-state index in [4.69, 9.17) is 56.6 Å². The molecule has 0 spiro atoms. The number of aromatic nitrogens is 4. The molecule has 9 heteroatoms. The van der Waals surface area contributed by atoms with E-state index in [1.54, 1.807) is 0 Å². The SMILES string of the molecule is ClCCN(CCCl)c1ccc(-[n+]2nc(-c3ccccc3)nn2-c2ccccc2)cc1.ClCCl. The van der Waals surface area contributed by atoms with Crippen LogP contribution in [0.25, 0.3) is 22.8 Å². The van der Waals surface area contributed by atoms with Crippen molar-refractivity contribution in [3.63, 3.8) is 0 Å². The number of tetrazole rings is 1. The molecule has 33 heavy (non-hydrogen) atoms. The molecule has 0 bridgehead atoms. The van der Waals surface area contributed by atoms with Crippen LogP contribution >= 0.6 is 46.4 Å². The highest BCUT2D eigenvalue weighted by atomic mass is 35.5. The van der Waals surface area contributed by atoms with Crippen LogP contribution in [0.3, 0.4) is 0 Å². The monoisotopic (exact) mass is 522 g/mol. The molecule has 0 aliphatic heterocycles. The summed E-state index contributed by atoms with van der Waals surface area (Å²) in [6.07, 6.45) is 0. The number of hydrogen-bond acceptors (Lipinski definition) is 3. The van der Waals surface area contributed by atoms with Crippen LogP contribution < -0.4 is 9.70 Å². The number of nitrogens with zero attached hydrogens (tertiary/aromatic N) is 5. The maximum atomic E-state index is 5.95. The molecule has 0 atom stereocenters. The molecule has 172 valence electrons. The summed E-state index contributed by atoms with van der Waals surface area (Å²) in [6.45, 7) is 1.50. The van der Waals surface area contributed by atoms with Crippen LogP contribution in [-0.4, -0.2) is 45.2 Å². The number of benzene rings is 3. The molecule has 1 aromatic heterocycles. The van der Waals surface area contributed by atoms with Gasteiger partial charge >= 0.3 is 5.82 Å². The van der Waals surface area contributed by atoms with Gasteiger partial charge < -0.3 is 4.90 Å². The lowest BCUT2D eigenvalue weighted by atomic mass is 10.2. The standard InChI is InChI=1S/C23H22Cl2N5.CH2Cl2/c24-15-17-28(18-16-25)20-11-13-22(14-12-20)30-27-23(19-7-3-1-4-8-19)26-29(30)21-9-5-2-6-10-21;2-1-3/h1-14H,15-18H2;1H2/q+1;. The summed E-state index contributed by atoms with van der Waals surface area (Å²) in [5, 5.41) is 9.75. The molecule has 5 nitrogen and oxygen atoms in total. The minimum absolute atomic E-state index is 0.194. The van der Waals surface area contributed by atoms with Gasteiger partial charge in [0.2, 0.25) is 0 Å². The first kappa shape index (κ1) is 25.3. The predicted octanol–water partition coefficient (Wildman–Crippen LogP) is 5.92. The quantitative estimate of drug-likeness (QED) is 0.212. The van der Waals surface area contributed by atoms with Crippen molar-refractivity contribution in [1.29, 1.82) is 0 Å². The Morgan fingerprint density at radius 3 is 1.82 bits per heavy atom. The van der Waals surface area contributed by atoms with E-state index in [2.05, 4.69) is 17.0 Å². The van der Waals surface area contributed by atoms with Crippen molar-refractivity contribution in [3.8, 4) is 22.8 Å². The van der Waals surface area contributed by atoms with E-state index in [1.165, 1.54) is 0 Å². The Morgan fingerprint density at radius 2 is 1.27 bits per heavy atom. The highest BCUT2D eigenvalue weighted by Crippen LogP contribution is 2.18. The molecule has 0 amide bonds. The molecule has 3 aromatic carbocycles. The summed E-state index contributed by atoms with van der Waals surface area (Å²) in [5.74, 6) is 1.77. The first-order valence-corrected chi connectivity index (χ1v) is 12.5. The van der Waals surface area contributed by atoms with Crippen molar-refractivity contribution in [2.75, 3.05) is 35.1 Å². The highest BCUT2D eigenvalue weighted by molar-refractivity contribution is 6.40. The van der Waals surface area contributed by atoms with Crippen LogP contribution in [0.15, 0.2) is 84.9 Å². The third-order valence-corrected chi connectivity index (χ3v) is 5.07. The van der Waals surface area contributed by atoms with Gasteiger partial charge in [0.25, 0.3) is 0 Å². The number of para-hydroxylation sites is 1. The molecular weight excluding hydrogens is 500 g/mol. The maximum Gasteiger partial charge on any atom is 0.340 e. The number of rotatable bonds is 8. The topological polar surface area (TPSA) is 37.8 Å². The lowest BCUT2D eigenvalue weighted by Gasteiger charge is -2.22. The Kier molecular flexibility index (Phi) is 10.3. The fraction of sp³-hybridized carbons (Fsp3) is 0.208. The van der Waals surface area contributed by atoms with Gasteiger partial charge in [0.1, 0.15) is 5.69 Å². The van der Waals surface area contributed by atoms with Crippen molar-refractivity contribution in [1.82, 2.24) is 15.0 Å². The van der Waals surface area contributed by atoms with E-state index in [-0.39, 0.29) is 5.34 Å². The Balaban J connectivity index is 0.000000968. The van der Waals surface area contributed by atoms with Crippen molar-refractivity contribution in [2.24, 2.45) is 0 Å². The van der Waals surface area contributed by atoms with Crippen LogP contribution in [0.2, 0.25) is 0 Å². The molecule has 0 saturated heterocycles. The normalized spacial score (nSPS) is 10.4. The summed E-state index contributed by atoms with van der Waals surface area (Å²) < 4.78 is 0. The van der Waals surface area contributed by atoms with Crippen molar-refractivity contribution in [2.45, 2.75) is 0 Å². The molecule has 4 rings (SSSR count). The Labute approximate surface area is 214 Å². The molecule has 0 radical (unpaired) electrons. The molecule has 0 saturated carbocycles. The molecule has 0 fully saturated rings. The van der Waals surface area contributed by atoms with Gasteiger partial charge in [-0.2, -0.15) is 0 Å². The smallest absolute Gasteiger partial charge is 0.340 e. The van der Waals surface area contributed by atoms with E-state index in [9.17, 15) is 0 Å². The minimum atomic E-state index is 0.194. The third kappa shape index (κ3) is 6.84. The average molecular weight is 524 g/mol. The Bertz CT molecular complexity index is 1080. The van der Waals surface area contributed by atoms with Gasteiger partial charge in [-0.25, -0.2) is 0 Å². The molecule has 0 unspecified atom stereocenters. The maximum absolute atomic E-state index is 5.95. The van der Waals surface area contributed by atoms with E-state index in [0.29, 0.717) is 17.6 Å². The van der Waals surface area contributed by atoms with Crippen molar-refractivity contribution in [3.05, 3.63) is 84.9 Å². The Hall–Kier alpha value is -2.31. The second-order valence-electron chi connectivity index (χ2n) is 6.79. The van der Waals surface area contributed by atoms with Crippen molar-refractivity contribution < 1.29 is 4.80 Å². The second-order valence-corrected chi connectivity index (χ2v) is 8.35. The number of alkyl halides is 4. The predicted molar refractivity (Wildman–Crippen MR) is 139 cm³/mol. The van der Waals surface area contributed by atoms with Gasteiger partial charge in [-0.1, -0.05) is 36.4 Å². The molecule has 4 aromatic rings. The van der Waals surface area contributed by atoms with Crippen LogP contribution in [0.4, 0.5) is 5.69 Å². The van der Waals surface area contributed by atoms with Crippen LogP contribution in [-0.2, 0) is 0 Å². The van der Waals surface area contributed by atoms with E-state index in [1.807, 2.05) is 82.4 Å². The molecule has 1 heterocycles. The lowest BCUT2D eigenvalue weighted by Crippen LogP contribution is -2.43. The highest BCUT2D eigenvalue weighted by Gasteiger charge is 2.23. The zero-order valence-corrected chi connectivity index (χ0v) is 20.9. The zero-order valence-electron chi connectivity index (χ0n) is 17.9. The summed E-state index contributed by atoms with van der Waals surface area (Å²) in [6, 6.07) is 28.2. The Morgan fingerprint density at radius 1 is 0.727 bits per heavy atom. The third-order valence-electron chi connectivity index (χ3n) is 4.73. The van der Waals surface area contributed by atoms with Crippen LogP contribution in [0.5, 0.6) is 0 Å². The summed E-state index contributed by atoms with van der Waals surface area (Å²) >= 11 is 21.4. The van der Waals surface area contributed by atoms with E-state index < -0.39 is 0 Å². The minimum Gasteiger partial charge on any atom is -0.369 e. The summed E-state index contributed by atoms with van der Waals surface area (Å²) in [5.41, 5.74) is 3.89. The number of hydrogen-bond donors (Lipinski definition) is 0. The van der Waals surface area contributed by atoms with Gasteiger partial charge in [0.05, 0.1) is 16.0 Å². The van der Waals surface area contributed by atoms with Crippen molar-refractivity contribution >= 4 is 52.1 Å². The fourth-order valence-corrected chi connectivity index (χ4v) is 3.66. The molecule has 0 N–H and O–H groups in total. The second kappa shape index (κ2) is 13.4. The van der Waals surface area contributed by atoms with Gasteiger partial charge in [-0.3, -0.25) is 0 Å². The first-order valence-electron chi connectivity index (χ1n) is 10.3. The van der Waals surface area contributed by atoms with Crippen LogP contribution in [0.1, 0.15) is 0 Å². The van der Waals surface area contributed by atoms with E-state index >= 15 is 0 Å². The molecular formula is C24H24Cl4N5+. The largest absolute Gasteiger partial charge is 0.369 e. The molecule has 0 aliphatic rings.